The first-order chi connectivity index (χ1) is 6.95. The maximum Gasteiger partial charge on any atom is 0.154 e. The van der Waals surface area contributed by atoms with Crippen LogP contribution in [0.1, 0.15) is 0 Å². The maximum absolute atomic E-state index is 5.29. The molecule has 4 nitrogen and oxygen atoms in total. The molecule has 0 atom stereocenters. The summed E-state index contributed by atoms with van der Waals surface area (Å²) in [6.07, 6.45) is 5.11. The topological polar surface area (TPSA) is 43.3 Å². The molecule has 0 aliphatic carbocycles. The monoisotopic (exact) mass is 185 g/mol. The van der Waals surface area contributed by atoms with Crippen molar-refractivity contribution in [2.75, 3.05) is 0 Å². The molecular formula is C10H7N3O. The average Bonchev–Trinajstić information content (AvgIpc) is 2.85. The van der Waals surface area contributed by atoms with E-state index < -0.39 is 0 Å². The number of nitrogens with zero attached hydrogens (tertiary/aromatic N) is 3. The van der Waals surface area contributed by atoms with Crippen molar-refractivity contribution in [1.82, 2.24) is 14.6 Å². The molecule has 0 radical (unpaired) electrons. The molecular weight excluding hydrogens is 178 g/mol. The van der Waals surface area contributed by atoms with Crippen LogP contribution in [0.2, 0.25) is 0 Å². The molecule has 0 saturated carbocycles. The largest absolute Gasteiger partial charge is 0.463 e. The second kappa shape index (κ2) is 2.70. The van der Waals surface area contributed by atoms with Gasteiger partial charge in [-0.1, -0.05) is 0 Å². The summed E-state index contributed by atoms with van der Waals surface area (Å²) in [5.41, 5.74) is 1.68. The SMILES string of the molecule is c1coc(-c2cnc3cccnn23)c1. The van der Waals surface area contributed by atoms with Crippen LogP contribution in [0.3, 0.4) is 0 Å². The zero-order valence-electron chi connectivity index (χ0n) is 7.29. The lowest BCUT2D eigenvalue weighted by molar-refractivity contribution is 0.578. The highest BCUT2D eigenvalue weighted by Gasteiger charge is 2.07. The van der Waals surface area contributed by atoms with Crippen LogP contribution >= 0.6 is 0 Å². The first-order valence-corrected chi connectivity index (χ1v) is 4.28. The number of furan rings is 1. The lowest BCUT2D eigenvalue weighted by Crippen LogP contribution is -1.91. The molecule has 0 N–H and O–H groups in total. The first kappa shape index (κ1) is 7.32. The summed E-state index contributed by atoms with van der Waals surface area (Å²) in [4.78, 5) is 4.22. The summed E-state index contributed by atoms with van der Waals surface area (Å²) in [6.45, 7) is 0. The van der Waals surface area contributed by atoms with Gasteiger partial charge in [0.1, 0.15) is 5.69 Å². The number of imidazole rings is 1. The molecule has 0 bridgehead atoms. The molecule has 3 rings (SSSR count). The van der Waals surface area contributed by atoms with E-state index in [1.807, 2.05) is 24.3 Å². The lowest BCUT2D eigenvalue weighted by Gasteiger charge is -1.94. The van der Waals surface area contributed by atoms with E-state index in [2.05, 4.69) is 10.1 Å². The third-order valence-corrected chi connectivity index (χ3v) is 2.05. The van der Waals surface area contributed by atoms with Gasteiger partial charge in [-0.3, -0.25) is 0 Å². The maximum atomic E-state index is 5.29. The Morgan fingerprint density at radius 3 is 3.07 bits per heavy atom. The Balaban J connectivity index is 2.33. The van der Waals surface area contributed by atoms with Gasteiger partial charge in [-0.05, 0) is 24.3 Å². The van der Waals surface area contributed by atoms with Crippen LogP contribution in [0.4, 0.5) is 0 Å². The summed E-state index contributed by atoms with van der Waals surface area (Å²) in [5, 5.41) is 4.19. The minimum absolute atomic E-state index is 0.774. The van der Waals surface area contributed by atoms with Crippen molar-refractivity contribution in [1.29, 1.82) is 0 Å². The fraction of sp³-hybridized carbons (Fsp3) is 0. The molecule has 3 aromatic rings. The van der Waals surface area contributed by atoms with Gasteiger partial charge in [-0.25, -0.2) is 9.50 Å². The molecule has 14 heavy (non-hydrogen) atoms. The molecule has 3 heterocycles. The molecule has 0 aromatic carbocycles. The van der Waals surface area contributed by atoms with Crippen LogP contribution in [0, 0.1) is 0 Å². The Morgan fingerprint density at radius 2 is 2.21 bits per heavy atom. The molecule has 68 valence electrons. The molecule has 0 aliphatic heterocycles. The van der Waals surface area contributed by atoms with Crippen LogP contribution in [-0.4, -0.2) is 14.6 Å². The van der Waals surface area contributed by atoms with E-state index in [0.717, 1.165) is 17.1 Å². The molecule has 3 aromatic heterocycles. The zero-order chi connectivity index (χ0) is 9.38. The van der Waals surface area contributed by atoms with E-state index in [9.17, 15) is 0 Å². The number of hydrogen-bond acceptors (Lipinski definition) is 3. The van der Waals surface area contributed by atoms with Crippen LogP contribution in [0.25, 0.3) is 17.1 Å². The first-order valence-electron chi connectivity index (χ1n) is 4.28. The van der Waals surface area contributed by atoms with Gasteiger partial charge in [-0.15, -0.1) is 0 Å². The van der Waals surface area contributed by atoms with E-state index in [4.69, 9.17) is 4.42 Å². The highest BCUT2D eigenvalue weighted by Crippen LogP contribution is 2.19. The quantitative estimate of drug-likeness (QED) is 0.582. The Hall–Kier alpha value is -2.10. The van der Waals surface area contributed by atoms with Gasteiger partial charge in [0.2, 0.25) is 0 Å². The molecule has 0 saturated heterocycles. The Morgan fingerprint density at radius 1 is 1.21 bits per heavy atom. The van der Waals surface area contributed by atoms with Gasteiger partial charge in [0.05, 0.1) is 12.5 Å². The molecule has 4 heteroatoms. The van der Waals surface area contributed by atoms with Crippen molar-refractivity contribution in [2.45, 2.75) is 0 Å². The van der Waals surface area contributed by atoms with Gasteiger partial charge in [0.25, 0.3) is 0 Å². The Labute approximate surface area is 79.8 Å². The summed E-state index contributed by atoms with van der Waals surface area (Å²) in [5.74, 6) is 0.774. The molecule has 0 amide bonds. The van der Waals surface area contributed by atoms with Gasteiger partial charge >= 0.3 is 0 Å². The van der Waals surface area contributed by atoms with Crippen LogP contribution < -0.4 is 0 Å². The molecule has 0 fully saturated rings. The van der Waals surface area contributed by atoms with Gasteiger partial charge in [0, 0.05) is 6.20 Å². The summed E-state index contributed by atoms with van der Waals surface area (Å²) in [7, 11) is 0. The predicted molar refractivity (Wildman–Crippen MR) is 50.7 cm³/mol. The third-order valence-electron chi connectivity index (χ3n) is 2.05. The van der Waals surface area contributed by atoms with Crippen molar-refractivity contribution in [3.05, 3.63) is 42.9 Å². The summed E-state index contributed by atoms with van der Waals surface area (Å²) < 4.78 is 7.03. The second-order valence-electron chi connectivity index (χ2n) is 2.91. The van der Waals surface area contributed by atoms with Gasteiger partial charge in [-0.2, -0.15) is 5.10 Å². The van der Waals surface area contributed by atoms with Crippen molar-refractivity contribution < 1.29 is 4.42 Å². The predicted octanol–water partition coefficient (Wildman–Crippen LogP) is 1.99. The van der Waals surface area contributed by atoms with E-state index in [1.165, 1.54) is 0 Å². The Bertz CT molecular complexity index is 554. The summed E-state index contributed by atoms with van der Waals surface area (Å²) >= 11 is 0. The standard InChI is InChI=1S/C10H7N3O/c1-4-10-11-7-8(13(10)12-5-1)9-3-2-6-14-9/h1-7H. The van der Waals surface area contributed by atoms with Crippen molar-refractivity contribution >= 4 is 5.65 Å². The number of fused-ring (bicyclic) bond motifs is 1. The highest BCUT2D eigenvalue weighted by atomic mass is 16.3. The lowest BCUT2D eigenvalue weighted by atomic mass is 10.3. The van der Waals surface area contributed by atoms with E-state index >= 15 is 0 Å². The minimum atomic E-state index is 0.774. The smallest absolute Gasteiger partial charge is 0.154 e. The van der Waals surface area contributed by atoms with Crippen LogP contribution in [-0.2, 0) is 0 Å². The number of aromatic nitrogens is 3. The summed E-state index contributed by atoms with van der Waals surface area (Å²) in [6, 6.07) is 7.49. The van der Waals surface area contributed by atoms with E-state index in [-0.39, 0.29) is 0 Å². The highest BCUT2D eigenvalue weighted by molar-refractivity contribution is 5.57. The van der Waals surface area contributed by atoms with Crippen molar-refractivity contribution in [3.63, 3.8) is 0 Å². The third kappa shape index (κ3) is 0.939. The van der Waals surface area contributed by atoms with Crippen LogP contribution in [0.15, 0.2) is 47.3 Å². The van der Waals surface area contributed by atoms with Crippen molar-refractivity contribution in [2.24, 2.45) is 0 Å². The fourth-order valence-corrected chi connectivity index (χ4v) is 1.42. The number of hydrogen-bond donors (Lipinski definition) is 0. The normalized spacial score (nSPS) is 10.9. The minimum Gasteiger partial charge on any atom is -0.463 e. The zero-order valence-corrected chi connectivity index (χ0v) is 7.29. The van der Waals surface area contributed by atoms with Gasteiger partial charge in [0.15, 0.2) is 11.4 Å². The number of rotatable bonds is 1. The average molecular weight is 185 g/mol. The van der Waals surface area contributed by atoms with E-state index in [0.29, 0.717) is 0 Å². The molecule has 0 aliphatic rings. The fourth-order valence-electron chi connectivity index (χ4n) is 1.42. The molecule has 0 spiro atoms. The molecule has 0 unspecified atom stereocenters. The van der Waals surface area contributed by atoms with Crippen LogP contribution in [0.5, 0.6) is 0 Å². The van der Waals surface area contributed by atoms with Crippen molar-refractivity contribution in [3.8, 4) is 11.5 Å². The second-order valence-corrected chi connectivity index (χ2v) is 2.91. The Kier molecular flexibility index (Phi) is 1.41. The van der Waals surface area contributed by atoms with E-state index in [1.54, 1.807) is 23.2 Å². The van der Waals surface area contributed by atoms with Gasteiger partial charge < -0.3 is 4.42 Å².